The van der Waals surface area contributed by atoms with Crippen LogP contribution in [0.25, 0.3) is 0 Å². The number of phenolic OH excluding ortho intramolecular Hbond substituents is 1. The number of carboxylic acids is 1. The van der Waals surface area contributed by atoms with E-state index >= 15 is 0 Å². The Labute approximate surface area is 103 Å². The molecule has 1 aromatic heterocycles. The highest BCUT2D eigenvalue weighted by Gasteiger charge is 2.18. The number of rotatable bonds is 3. The normalized spacial score (nSPS) is 12.3. The average molecular weight is 248 g/mol. The third kappa shape index (κ3) is 2.31. The van der Waals surface area contributed by atoms with Gasteiger partial charge in [-0.3, -0.25) is 0 Å². The van der Waals surface area contributed by atoms with Crippen molar-refractivity contribution in [2.75, 3.05) is 0 Å². The smallest absolute Gasteiger partial charge is 0.346 e. The van der Waals surface area contributed by atoms with Crippen molar-refractivity contribution >= 4 is 17.3 Å². The van der Waals surface area contributed by atoms with Crippen molar-refractivity contribution in [3.63, 3.8) is 0 Å². The van der Waals surface area contributed by atoms with E-state index in [2.05, 4.69) is 0 Å². The van der Waals surface area contributed by atoms with Crippen molar-refractivity contribution in [1.82, 2.24) is 0 Å². The van der Waals surface area contributed by atoms with E-state index < -0.39 is 5.97 Å². The van der Waals surface area contributed by atoms with Crippen LogP contribution in [-0.4, -0.2) is 16.2 Å². The minimum atomic E-state index is -0.901. The molecule has 3 nitrogen and oxygen atoms in total. The van der Waals surface area contributed by atoms with Gasteiger partial charge in [-0.15, -0.1) is 11.3 Å². The van der Waals surface area contributed by atoms with Crippen molar-refractivity contribution in [1.29, 1.82) is 0 Å². The van der Waals surface area contributed by atoms with Gasteiger partial charge in [0, 0.05) is 5.92 Å². The molecule has 0 spiro atoms. The van der Waals surface area contributed by atoms with Crippen molar-refractivity contribution < 1.29 is 15.0 Å². The number of aromatic carboxylic acids is 1. The summed E-state index contributed by atoms with van der Waals surface area (Å²) in [4.78, 5) is 11.4. The lowest BCUT2D eigenvalue weighted by molar-refractivity contribution is 0.0701. The van der Waals surface area contributed by atoms with E-state index in [1.807, 2.05) is 19.1 Å². The predicted molar refractivity (Wildman–Crippen MR) is 66.9 cm³/mol. The van der Waals surface area contributed by atoms with Gasteiger partial charge >= 0.3 is 5.97 Å². The molecule has 4 heteroatoms. The van der Waals surface area contributed by atoms with Gasteiger partial charge in [0.05, 0.1) is 0 Å². The van der Waals surface area contributed by atoms with Crippen LogP contribution in [0.3, 0.4) is 0 Å². The van der Waals surface area contributed by atoms with Crippen LogP contribution in [0.4, 0.5) is 0 Å². The minimum Gasteiger partial charge on any atom is -0.508 e. The average Bonchev–Trinajstić information content (AvgIpc) is 2.77. The van der Waals surface area contributed by atoms with E-state index in [0.717, 1.165) is 11.1 Å². The SMILES string of the molecule is CC(c1cccc(O)c1)c1ccsc1C(=O)O. The first kappa shape index (κ1) is 11.7. The Balaban J connectivity index is 2.40. The summed E-state index contributed by atoms with van der Waals surface area (Å²) in [6.07, 6.45) is 0. The van der Waals surface area contributed by atoms with Crippen molar-refractivity contribution in [3.8, 4) is 5.75 Å². The van der Waals surface area contributed by atoms with E-state index in [1.54, 1.807) is 23.6 Å². The van der Waals surface area contributed by atoms with Gasteiger partial charge in [0.25, 0.3) is 0 Å². The number of hydrogen-bond acceptors (Lipinski definition) is 3. The summed E-state index contributed by atoms with van der Waals surface area (Å²) >= 11 is 1.22. The molecule has 1 heterocycles. The maximum absolute atomic E-state index is 11.0. The number of carbonyl (C=O) groups is 1. The van der Waals surface area contributed by atoms with Crippen LogP contribution < -0.4 is 0 Å². The Morgan fingerprint density at radius 3 is 2.76 bits per heavy atom. The minimum absolute atomic E-state index is 0.0422. The molecule has 0 saturated heterocycles. The molecule has 0 bridgehead atoms. The van der Waals surface area contributed by atoms with Gasteiger partial charge in [-0.25, -0.2) is 4.79 Å². The van der Waals surface area contributed by atoms with Crippen LogP contribution in [0, 0.1) is 0 Å². The molecule has 0 radical (unpaired) electrons. The number of carboxylic acid groups (broad SMARTS) is 1. The lowest BCUT2D eigenvalue weighted by Crippen LogP contribution is -2.02. The zero-order chi connectivity index (χ0) is 12.4. The third-order valence-electron chi connectivity index (χ3n) is 2.73. The van der Waals surface area contributed by atoms with E-state index in [4.69, 9.17) is 5.11 Å². The first-order valence-electron chi connectivity index (χ1n) is 5.19. The molecule has 0 aliphatic carbocycles. The first-order valence-corrected chi connectivity index (χ1v) is 6.07. The van der Waals surface area contributed by atoms with E-state index in [-0.39, 0.29) is 11.7 Å². The summed E-state index contributed by atoms with van der Waals surface area (Å²) in [5.41, 5.74) is 1.69. The lowest BCUT2D eigenvalue weighted by Gasteiger charge is -2.12. The summed E-state index contributed by atoms with van der Waals surface area (Å²) in [6, 6.07) is 8.72. The molecule has 1 unspecified atom stereocenters. The molecule has 0 fully saturated rings. The Hall–Kier alpha value is -1.81. The molecule has 0 saturated carbocycles. The maximum atomic E-state index is 11.0. The van der Waals surface area contributed by atoms with Crippen LogP contribution in [-0.2, 0) is 0 Å². The highest BCUT2D eigenvalue weighted by molar-refractivity contribution is 7.12. The van der Waals surface area contributed by atoms with Gasteiger partial charge in [0.1, 0.15) is 10.6 Å². The second kappa shape index (κ2) is 4.59. The Morgan fingerprint density at radius 2 is 2.12 bits per heavy atom. The molecule has 2 aromatic rings. The fourth-order valence-corrected chi connectivity index (χ4v) is 2.64. The second-order valence-electron chi connectivity index (χ2n) is 3.83. The molecule has 2 N–H and O–H groups in total. The largest absolute Gasteiger partial charge is 0.508 e. The molecule has 1 aromatic carbocycles. The van der Waals surface area contributed by atoms with Crippen molar-refractivity contribution in [3.05, 3.63) is 51.7 Å². The van der Waals surface area contributed by atoms with E-state index in [1.165, 1.54) is 11.3 Å². The fourth-order valence-electron chi connectivity index (χ4n) is 1.81. The first-order chi connectivity index (χ1) is 8.09. The van der Waals surface area contributed by atoms with Gasteiger partial charge in [0.15, 0.2) is 0 Å². The Bertz CT molecular complexity index is 545. The predicted octanol–water partition coefficient (Wildman–Crippen LogP) is 3.30. The molecular formula is C13H12O3S. The molecule has 2 rings (SSSR count). The summed E-state index contributed by atoms with van der Waals surface area (Å²) in [7, 11) is 0. The molecule has 88 valence electrons. The van der Waals surface area contributed by atoms with Gasteiger partial charge < -0.3 is 10.2 Å². The molecule has 0 aliphatic rings. The Morgan fingerprint density at radius 1 is 1.35 bits per heavy atom. The fraction of sp³-hybridized carbons (Fsp3) is 0.154. The van der Waals surface area contributed by atoms with Crippen molar-refractivity contribution in [2.24, 2.45) is 0 Å². The van der Waals surface area contributed by atoms with Gasteiger partial charge in [-0.05, 0) is 34.7 Å². The number of benzene rings is 1. The second-order valence-corrected chi connectivity index (χ2v) is 4.74. The number of aromatic hydroxyl groups is 1. The zero-order valence-corrected chi connectivity index (χ0v) is 10.1. The quantitative estimate of drug-likeness (QED) is 0.876. The van der Waals surface area contributed by atoms with Gasteiger partial charge in [-0.1, -0.05) is 19.1 Å². The monoisotopic (exact) mass is 248 g/mol. The highest BCUT2D eigenvalue weighted by atomic mass is 32.1. The van der Waals surface area contributed by atoms with Crippen LogP contribution in [0.1, 0.15) is 33.6 Å². The zero-order valence-electron chi connectivity index (χ0n) is 9.25. The maximum Gasteiger partial charge on any atom is 0.346 e. The molecule has 1 atom stereocenters. The van der Waals surface area contributed by atoms with Crippen LogP contribution in [0.15, 0.2) is 35.7 Å². The van der Waals surface area contributed by atoms with E-state index in [9.17, 15) is 9.90 Å². The van der Waals surface area contributed by atoms with Crippen molar-refractivity contribution in [2.45, 2.75) is 12.8 Å². The summed E-state index contributed by atoms with van der Waals surface area (Å²) in [5, 5.41) is 20.3. The molecule has 0 amide bonds. The van der Waals surface area contributed by atoms with Gasteiger partial charge in [-0.2, -0.15) is 0 Å². The number of hydrogen-bond donors (Lipinski definition) is 2. The standard InChI is InChI=1S/C13H12O3S/c1-8(9-3-2-4-10(14)7-9)11-5-6-17-12(11)13(15)16/h2-8,14H,1H3,(H,15,16). The van der Waals surface area contributed by atoms with Gasteiger partial charge in [0.2, 0.25) is 0 Å². The molecule has 0 aliphatic heterocycles. The molecular weight excluding hydrogens is 236 g/mol. The Kier molecular flexibility index (Phi) is 3.15. The lowest BCUT2D eigenvalue weighted by atomic mass is 9.93. The summed E-state index contributed by atoms with van der Waals surface area (Å²) in [5.74, 6) is -0.747. The topological polar surface area (TPSA) is 57.5 Å². The number of thiophene rings is 1. The van der Waals surface area contributed by atoms with Crippen LogP contribution >= 0.6 is 11.3 Å². The summed E-state index contributed by atoms with van der Waals surface area (Å²) < 4.78 is 0. The molecule has 17 heavy (non-hydrogen) atoms. The van der Waals surface area contributed by atoms with Crippen LogP contribution in [0.2, 0.25) is 0 Å². The third-order valence-corrected chi connectivity index (χ3v) is 3.64. The number of phenols is 1. The van der Waals surface area contributed by atoms with E-state index in [0.29, 0.717) is 4.88 Å². The summed E-state index contributed by atoms with van der Waals surface area (Å²) in [6.45, 7) is 1.93. The van der Waals surface area contributed by atoms with Crippen LogP contribution in [0.5, 0.6) is 5.75 Å². The highest BCUT2D eigenvalue weighted by Crippen LogP contribution is 2.31.